The molecule has 1 aliphatic rings. The van der Waals surface area contributed by atoms with Gasteiger partial charge < -0.3 is 5.21 Å². The number of hydrogen-bond donors (Lipinski definition) is 1. The lowest BCUT2D eigenvalue weighted by molar-refractivity contribution is -0.473. The van der Waals surface area contributed by atoms with Gasteiger partial charge in [-0.3, -0.25) is 0 Å². The smallest absolute Gasteiger partial charge is 0.229 e. The summed E-state index contributed by atoms with van der Waals surface area (Å²) in [4.78, 5) is 8.42. The molecule has 2 aromatic carbocycles. The Morgan fingerprint density at radius 3 is 2.72 bits per heavy atom. The molecule has 2 heterocycles. The molecular weight excluding hydrogens is 361 g/mol. The zero-order valence-electron chi connectivity index (χ0n) is 12.8. The van der Waals surface area contributed by atoms with Crippen molar-refractivity contribution in [2.75, 3.05) is 0 Å². The minimum Gasteiger partial charge on any atom is -0.623 e. The molecule has 0 N–H and O–H groups in total. The van der Waals surface area contributed by atoms with Crippen molar-refractivity contribution in [1.29, 1.82) is 0 Å². The lowest BCUT2D eigenvalue weighted by Gasteiger charge is -2.11. The lowest BCUT2D eigenvalue weighted by atomic mass is 9.95. The van der Waals surface area contributed by atoms with E-state index in [0.717, 1.165) is 4.74 Å². The number of hydroxylamine groups is 1. The minimum absolute atomic E-state index is 0.000637. The highest BCUT2D eigenvalue weighted by molar-refractivity contribution is 7.80. The third kappa shape index (κ3) is 2.77. The average Bonchev–Trinajstić information content (AvgIpc) is 2.69. The second kappa shape index (κ2) is 6.13. The maximum absolute atomic E-state index is 14.4. The fraction of sp³-hybridized carbons (Fsp3) is 0.0556. The number of benzene rings is 2. The SMILES string of the molecule is [O-][N+]1=C(c2ccccc2F)c2cc(Cl)ccc2-c2nc(S)ncc2C1. The summed E-state index contributed by atoms with van der Waals surface area (Å²) in [6.45, 7) is -0.000637. The first-order valence-corrected chi connectivity index (χ1v) is 8.29. The first-order valence-electron chi connectivity index (χ1n) is 7.46. The van der Waals surface area contributed by atoms with Crippen molar-refractivity contribution < 1.29 is 9.13 Å². The second-order valence-corrected chi connectivity index (χ2v) is 6.44. The maximum atomic E-state index is 14.4. The van der Waals surface area contributed by atoms with Crippen LogP contribution < -0.4 is 0 Å². The molecule has 0 bridgehead atoms. The molecule has 4 nitrogen and oxygen atoms in total. The molecule has 0 saturated carbocycles. The van der Waals surface area contributed by atoms with Crippen molar-refractivity contribution in [3.63, 3.8) is 0 Å². The van der Waals surface area contributed by atoms with E-state index >= 15 is 0 Å². The van der Waals surface area contributed by atoms with Gasteiger partial charge in [0.05, 0.1) is 22.4 Å². The van der Waals surface area contributed by atoms with Gasteiger partial charge in [-0.25, -0.2) is 14.4 Å². The van der Waals surface area contributed by atoms with E-state index in [1.807, 2.05) is 0 Å². The molecule has 0 atom stereocenters. The molecule has 1 aromatic heterocycles. The maximum Gasteiger partial charge on any atom is 0.229 e. The van der Waals surface area contributed by atoms with Gasteiger partial charge in [0.2, 0.25) is 5.71 Å². The van der Waals surface area contributed by atoms with Gasteiger partial charge in [0.25, 0.3) is 0 Å². The van der Waals surface area contributed by atoms with Gasteiger partial charge in [-0.15, -0.1) is 12.6 Å². The predicted molar refractivity (Wildman–Crippen MR) is 96.7 cm³/mol. The van der Waals surface area contributed by atoms with E-state index < -0.39 is 5.82 Å². The van der Waals surface area contributed by atoms with Crippen molar-refractivity contribution in [1.82, 2.24) is 9.97 Å². The highest BCUT2D eigenvalue weighted by atomic mass is 35.5. The van der Waals surface area contributed by atoms with E-state index in [9.17, 15) is 9.60 Å². The first kappa shape index (κ1) is 16.1. The van der Waals surface area contributed by atoms with Crippen LogP contribution in [-0.2, 0) is 6.54 Å². The van der Waals surface area contributed by atoms with Gasteiger partial charge in [-0.2, -0.15) is 4.74 Å². The van der Waals surface area contributed by atoms with Crippen molar-refractivity contribution in [2.45, 2.75) is 11.7 Å². The number of rotatable bonds is 1. The van der Waals surface area contributed by atoms with Crippen molar-refractivity contribution in [2.24, 2.45) is 0 Å². The van der Waals surface area contributed by atoms with E-state index in [4.69, 9.17) is 11.6 Å². The van der Waals surface area contributed by atoms with Crippen LogP contribution in [0.5, 0.6) is 0 Å². The monoisotopic (exact) mass is 371 g/mol. The number of nitrogens with zero attached hydrogens (tertiary/aromatic N) is 3. The summed E-state index contributed by atoms with van der Waals surface area (Å²) in [7, 11) is 0. The van der Waals surface area contributed by atoms with Crippen LogP contribution in [0.3, 0.4) is 0 Å². The summed E-state index contributed by atoms with van der Waals surface area (Å²) in [5.41, 5.74) is 2.88. The Morgan fingerprint density at radius 1 is 1.12 bits per heavy atom. The van der Waals surface area contributed by atoms with Gasteiger partial charge in [0, 0.05) is 16.8 Å². The van der Waals surface area contributed by atoms with E-state index in [1.165, 1.54) is 6.07 Å². The Hall–Kier alpha value is -2.44. The van der Waals surface area contributed by atoms with Crippen molar-refractivity contribution >= 4 is 29.9 Å². The third-order valence-electron chi connectivity index (χ3n) is 4.04. The van der Waals surface area contributed by atoms with Gasteiger partial charge >= 0.3 is 0 Å². The molecule has 124 valence electrons. The van der Waals surface area contributed by atoms with Crippen molar-refractivity contribution in [3.8, 4) is 11.3 Å². The zero-order valence-corrected chi connectivity index (χ0v) is 14.4. The molecular formula is C18H11ClFN3OS. The molecule has 4 rings (SSSR count). The molecule has 0 unspecified atom stereocenters. The molecule has 0 aliphatic carbocycles. The predicted octanol–water partition coefficient (Wildman–Crippen LogP) is 4.09. The number of halogens is 2. The van der Waals surface area contributed by atoms with Gasteiger partial charge in [-0.1, -0.05) is 29.8 Å². The second-order valence-electron chi connectivity index (χ2n) is 5.60. The van der Waals surface area contributed by atoms with Crippen LogP contribution in [-0.4, -0.2) is 20.4 Å². The molecule has 0 spiro atoms. The van der Waals surface area contributed by atoms with E-state index in [1.54, 1.807) is 42.6 Å². The van der Waals surface area contributed by atoms with Crippen LogP contribution in [0.1, 0.15) is 16.7 Å². The summed E-state index contributed by atoms with van der Waals surface area (Å²) in [5.74, 6) is -0.476. The van der Waals surface area contributed by atoms with Gasteiger partial charge in [0.1, 0.15) is 5.82 Å². The summed E-state index contributed by atoms with van der Waals surface area (Å²) in [5, 5.41) is 13.6. The van der Waals surface area contributed by atoms with Crippen LogP contribution in [0.2, 0.25) is 5.02 Å². The Balaban J connectivity index is 2.08. The Labute approximate surface area is 153 Å². The number of thiol groups is 1. The van der Waals surface area contributed by atoms with Crippen LogP contribution in [0.25, 0.3) is 11.3 Å². The fourth-order valence-corrected chi connectivity index (χ4v) is 3.30. The Morgan fingerprint density at radius 2 is 1.92 bits per heavy atom. The molecule has 0 amide bonds. The molecule has 25 heavy (non-hydrogen) atoms. The van der Waals surface area contributed by atoms with E-state index in [0.29, 0.717) is 32.6 Å². The van der Waals surface area contributed by atoms with Gasteiger partial charge in [-0.05, 0) is 24.3 Å². The average molecular weight is 372 g/mol. The summed E-state index contributed by atoms with van der Waals surface area (Å²) < 4.78 is 15.2. The molecule has 0 fully saturated rings. The fourth-order valence-electron chi connectivity index (χ4n) is 2.97. The van der Waals surface area contributed by atoms with Crippen LogP contribution in [0.4, 0.5) is 4.39 Å². The van der Waals surface area contributed by atoms with Crippen LogP contribution >= 0.6 is 24.2 Å². The number of hydrogen-bond acceptors (Lipinski definition) is 4. The highest BCUT2D eigenvalue weighted by Gasteiger charge is 2.29. The molecule has 3 aromatic rings. The van der Waals surface area contributed by atoms with Gasteiger partial charge in [0.15, 0.2) is 11.7 Å². The Bertz CT molecular complexity index is 1040. The quantitative estimate of drug-likeness (QED) is 0.303. The standard InChI is InChI=1S/C18H11ClFN3OS/c19-11-5-6-12-14(7-11)17(13-3-1-2-4-15(13)20)23(24)9-10-8-21-18(25)22-16(10)12/h1-8H,9H2,(H,21,22,25). The summed E-state index contributed by atoms with van der Waals surface area (Å²) in [6.07, 6.45) is 1.57. The largest absolute Gasteiger partial charge is 0.623 e. The number of fused-ring (bicyclic) bond motifs is 3. The first-order chi connectivity index (χ1) is 12.0. The molecule has 1 aliphatic heterocycles. The van der Waals surface area contributed by atoms with Crippen LogP contribution in [0, 0.1) is 11.0 Å². The normalized spacial score (nSPS) is 13.2. The van der Waals surface area contributed by atoms with E-state index in [-0.39, 0.29) is 17.8 Å². The summed E-state index contributed by atoms with van der Waals surface area (Å²) >= 11 is 10.3. The van der Waals surface area contributed by atoms with Crippen LogP contribution in [0.15, 0.2) is 53.8 Å². The lowest BCUT2D eigenvalue weighted by Crippen LogP contribution is -2.18. The van der Waals surface area contributed by atoms with Crippen molar-refractivity contribution in [3.05, 3.63) is 81.4 Å². The highest BCUT2D eigenvalue weighted by Crippen LogP contribution is 2.33. The Kier molecular flexibility index (Phi) is 3.94. The minimum atomic E-state index is -0.476. The topological polar surface area (TPSA) is 51.9 Å². The third-order valence-corrected chi connectivity index (χ3v) is 4.49. The molecule has 0 saturated heterocycles. The number of aromatic nitrogens is 2. The molecule has 7 heteroatoms. The zero-order chi connectivity index (χ0) is 17.6. The summed E-state index contributed by atoms with van der Waals surface area (Å²) in [6, 6.07) is 11.3. The molecule has 0 radical (unpaired) electrons. The van der Waals surface area contributed by atoms with E-state index in [2.05, 4.69) is 22.6 Å².